The monoisotopic (exact) mass is 345 g/mol. The van der Waals surface area contributed by atoms with E-state index in [-0.39, 0.29) is 0 Å². The van der Waals surface area contributed by atoms with Gasteiger partial charge < -0.3 is 14.8 Å². The highest BCUT2D eigenvalue weighted by atomic mass is 15.4. The lowest BCUT2D eigenvalue weighted by molar-refractivity contribution is 0.871. The predicted molar refractivity (Wildman–Crippen MR) is 101 cm³/mol. The summed E-state index contributed by atoms with van der Waals surface area (Å²) >= 11 is 0. The van der Waals surface area contributed by atoms with Crippen LogP contribution in [-0.2, 0) is 0 Å². The maximum absolute atomic E-state index is 4.77. The van der Waals surface area contributed by atoms with Gasteiger partial charge in [0.15, 0.2) is 11.6 Å². The van der Waals surface area contributed by atoms with E-state index < -0.39 is 0 Å². The van der Waals surface area contributed by atoms with E-state index >= 15 is 0 Å². The molecule has 0 amide bonds. The summed E-state index contributed by atoms with van der Waals surface area (Å²) in [5.74, 6) is 2.24. The molecule has 130 valence electrons. The molecule has 0 bridgehead atoms. The molecule has 0 unspecified atom stereocenters. The molecular formula is C19H19N7. The van der Waals surface area contributed by atoms with Gasteiger partial charge in [0.25, 0.3) is 0 Å². The van der Waals surface area contributed by atoms with E-state index in [9.17, 15) is 0 Å². The number of imidazole rings is 1. The Balaban J connectivity index is 1.47. The molecule has 4 heterocycles. The minimum absolute atomic E-state index is 0.550. The van der Waals surface area contributed by atoms with E-state index in [0.717, 1.165) is 30.1 Å². The van der Waals surface area contributed by atoms with E-state index in [2.05, 4.69) is 26.4 Å². The molecule has 0 atom stereocenters. The lowest BCUT2D eigenvalue weighted by atomic mass is 10.3. The van der Waals surface area contributed by atoms with Crippen molar-refractivity contribution < 1.29 is 0 Å². The highest BCUT2D eigenvalue weighted by molar-refractivity contribution is 5.70. The third kappa shape index (κ3) is 2.67. The fraction of sp³-hybridized carbons (Fsp3) is 0.211. The van der Waals surface area contributed by atoms with Gasteiger partial charge >= 0.3 is 0 Å². The average Bonchev–Trinajstić information content (AvgIpc) is 3.43. The SMILES string of the molecule is c1ccc(-n2cnc(Nc3nc(N4CCCC4)c4cccn4n3)c2)cc1. The zero-order valence-corrected chi connectivity index (χ0v) is 14.3. The molecule has 26 heavy (non-hydrogen) atoms. The molecular weight excluding hydrogens is 326 g/mol. The van der Waals surface area contributed by atoms with Crippen molar-refractivity contribution in [1.29, 1.82) is 0 Å². The molecule has 1 saturated heterocycles. The zero-order valence-electron chi connectivity index (χ0n) is 14.3. The summed E-state index contributed by atoms with van der Waals surface area (Å²) < 4.78 is 3.84. The standard InChI is InChI=1S/C19H19N7/c1-2-7-15(8-3-1)25-13-17(20-14-25)21-19-22-18(24-10-4-5-11-24)16-9-6-12-26(16)23-19/h1-3,6-9,12-14H,4-5,10-11H2,(H,21,23). The van der Waals surface area contributed by atoms with Crippen molar-refractivity contribution in [3.05, 3.63) is 61.2 Å². The van der Waals surface area contributed by atoms with Crippen LogP contribution >= 0.6 is 0 Å². The quantitative estimate of drug-likeness (QED) is 0.615. The number of hydrogen-bond donors (Lipinski definition) is 1. The molecule has 0 aliphatic carbocycles. The minimum Gasteiger partial charge on any atom is -0.355 e. The molecule has 0 radical (unpaired) electrons. The van der Waals surface area contributed by atoms with Crippen molar-refractivity contribution in [2.24, 2.45) is 0 Å². The number of nitrogens with one attached hydrogen (secondary N) is 1. The number of para-hydroxylation sites is 1. The van der Waals surface area contributed by atoms with Gasteiger partial charge in [-0.05, 0) is 37.1 Å². The van der Waals surface area contributed by atoms with Crippen LogP contribution < -0.4 is 10.2 Å². The summed E-state index contributed by atoms with van der Waals surface area (Å²) in [6, 6.07) is 14.2. The van der Waals surface area contributed by atoms with Gasteiger partial charge in [0.05, 0.1) is 6.20 Å². The zero-order chi connectivity index (χ0) is 17.3. The largest absolute Gasteiger partial charge is 0.355 e. The van der Waals surface area contributed by atoms with Crippen LogP contribution in [0.4, 0.5) is 17.6 Å². The van der Waals surface area contributed by atoms with Crippen LogP contribution in [0.15, 0.2) is 61.2 Å². The van der Waals surface area contributed by atoms with Gasteiger partial charge in [-0.15, -0.1) is 5.10 Å². The number of aromatic nitrogens is 5. The smallest absolute Gasteiger partial charge is 0.248 e. The van der Waals surface area contributed by atoms with Crippen LogP contribution in [0.5, 0.6) is 0 Å². The van der Waals surface area contributed by atoms with Gasteiger partial charge in [-0.3, -0.25) is 0 Å². The second-order valence-electron chi connectivity index (χ2n) is 6.42. The fourth-order valence-electron chi connectivity index (χ4n) is 3.38. The maximum atomic E-state index is 4.77. The van der Waals surface area contributed by atoms with Crippen LogP contribution in [0.25, 0.3) is 11.2 Å². The number of benzene rings is 1. The molecule has 7 nitrogen and oxygen atoms in total. The van der Waals surface area contributed by atoms with Crippen molar-refractivity contribution >= 4 is 23.1 Å². The van der Waals surface area contributed by atoms with Crippen LogP contribution in [0.2, 0.25) is 0 Å². The molecule has 4 aromatic rings. The Morgan fingerprint density at radius 3 is 2.65 bits per heavy atom. The summed E-state index contributed by atoms with van der Waals surface area (Å²) in [4.78, 5) is 11.5. The highest BCUT2D eigenvalue weighted by Gasteiger charge is 2.18. The molecule has 0 saturated carbocycles. The highest BCUT2D eigenvalue weighted by Crippen LogP contribution is 2.25. The Hall–Kier alpha value is -3.35. The van der Waals surface area contributed by atoms with Gasteiger partial charge in [0.1, 0.15) is 11.8 Å². The predicted octanol–water partition coefficient (Wildman–Crippen LogP) is 3.26. The molecule has 3 aromatic heterocycles. The second-order valence-corrected chi connectivity index (χ2v) is 6.42. The molecule has 7 heteroatoms. The van der Waals surface area contributed by atoms with E-state index in [1.807, 2.05) is 57.9 Å². The fourth-order valence-corrected chi connectivity index (χ4v) is 3.38. The lowest BCUT2D eigenvalue weighted by Gasteiger charge is -2.18. The minimum atomic E-state index is 0.550. The third-order valence-corrected chi connectivity index (χ3v) is 4.65. The van der Waals surface area contributed by atoms with Crippen molar-refractivity contribution in [2.45, 2.75) is 12.8 Å². The van der Waals surface area contributed by atoms with Crippen LogP contribution in [0.1, 0.15) is 12.8 Å². The van der Waals surface area contributed by atoms with Crippen LogP contribution in [0.3, 0.4) is 0 Å². The van der Waals surface area contributed by atoms with Crippen molar-refractivity contribution in [3.8, 4) is 5.69 Å². The third-order valence-electron chi connectivity index (χ3n) is 4.65. The lowest BCUT2D eigenvalue weighted by Crippen LogP contribution is -2.21. The number of fused-ring (bicyclic) bond motifs is 1. The summed E-state index contributed by atoms with van der Waals surface area (Å²) in [7, 11) is 0. The number of nitrogens with zero attached hydrogens (tertiary/aromatic N) is 6. The summed E-state index contributed by atoms with van der Waals surface area (Å²) in [6.07, 6.45) is 8.09. The maximum Gasteiger partial charge on any atom is 0.248 e. The summed E-state index contributed by atoms with van der Waals surface area (Å²) in [5, 5.41) is 7.80. The Morgan fingerprint density at radius 1 is 0.962 bits per heavy atom. The van der Waals surface area contributed by atoms with Gasteiger partial charge in [-0.2, -0.15) is 4.98 Å². The Kier molecular flexibility index (Phi) is 3.55. The Labute approximate surface area is 150 Å². The normalized spacial score (nSPS) is 14.2. The average molecular weight is 345 g/mol. The molecule has 5 rings (SSSR count). The van der Waals surface area contributed by atoms with Gasteiger partial charge in [-0.1, -0.05) is 18.2 Å². The topological polar surface area (TPSA) is 63.3 Å². The van der Waals surface area contributed by atoms with Crippen molar-refractivity contribution in [1.82, 2.24) is 24.1 Å². The van der Waals surface area contributed by atoms with Crippen LogP contribution in [0, 0.1) is 0 Å². The first-order chi connectivity index (χ1) is 12.9. The number of rotatable bonds is 4. The van der Waals surface area contributed by atoms with E-state index in [1.54, 1.807) is 6.33 Å². The number of anilines is 3. The summed E-state index contributed by atoms with van der Waals surface area (Å²) in [5.41, 5.74) is 2.10. The first kappa shape index (κ1) is 14.9. The molecule has 1 N–H and O–H groups in total. The first-order valence-electron chi connectivity index (χ1n) is 8.84. The van der Waals surface area contributed by atoms with Crippen molar-refractivity contribution in [3.63, 3.8) is 0 Å². The van der Waals surface area contributed by atoms with E-state index in [1.165, 1.54) is 12.8 Å². The second kappa shape index (κ2) is 6.18. The Morgan fingerprint density at radius 2 is 1.81 bits per heavy atom. The molecule has 1 aliphatic rings. The van der Waals surface area contributed by atoms with Crippen molar-refractivity contribution in [2.75, 3.05) is 23.3 Å². The molecule has 1 aromatic carbocycles. The van der Waals surface area contributed by atoms with Gasteiger partial charge in [0, 0.05) is 25.0 Å². The van der Waals surface area contributed by atoms with Crippen LogP contribution in [-0.4, -0.2) is 37.2 Å². The van der Waals surface area contributed by atoms with E-state index in [0.29, 0.717) is 11.8 Å². The van der Waals surface area contributed by atoms with Gasteiger partial charge in [0.2, 0.25) is 5.95 Å². The molecule has 0 spiro atoms. The number of hydrogen-bond acceptors (Lipinski definition) is 5. The molecule has 1 aliphatic heterocycles. The van der Waals surface area contributed by atoms with Gasteiger partial charge in [-0.25, -0.2) is 9.50 Å². The first-order valence-corrected chi connectivity index (χ1v) is 8.84. The van der Waals surface area contributed by atoms with E-state index in [4.69, 9.17) is 4.98 Å². The molecule has 1 fully saturated rings. The summed E-state index contributed by atoms with van der Waals surface area (Å²) in [6.45, 7) is 2.08. The Bertz CT molecular complexity index is 1030.